The summed E-state index contributed by atoms with van der Waals surface area (Å²) in [6, 6.07) is 12.5. The van der Waals surface area contributed by atoms with Crippen LogP contribution in [0.2, 0.25) is 0 Å². The lowest BCUT2D eigenvalue weighted by Gasteiger charge is -2.40. The highest BCUT2D eigenvalue weighted by atomic mass is 19.1. The number of aryl methyl sites for hydroxylation is 2. The molecule has 3 heterocycles. The van der Waals surface area contributed by atoms with Gasteiger partial charge in [0.15, 0.2) is 11.5 Å². The molecule has 1 atom stereocenters. The number of likely N-dealkylation sites (N-methyl/N-ethyl adjacent to an activating group) is 1. The number of halogens is 1. The molecule has 1 saturated heterocycles. The average molecular weight is 493 g/mol. The minimum atomic E-state index is -0.218. The fraction of sp³-hybridized carbons (Fsp3) is 0.429. The largest absolute Gasteiger partial charge is 0.454 e. The number of carbonyl (C=O) groups is 1. The molecule has 7 nitrogen and oxygen atoms in total. The number of aromatic nitrogens is 2. The predicted molar refractivity (Wildman–Crippen MR) is 134 cm³/mol. The molecule has 190 valence electrons. The maximum Gasteiger partial charge on any atom is 0.253 e. The number of likely N-dealkylation sites (tertiary alicyclic amines) is 1. The van der Waals surface area contributed by atoms with Crippen molar-refractivity contribution < 1.29 is 18.7 Å². The lowest BCUT2D eigenvalue weighted by atomic mass is 9.84. The van der Waals surface area contributed by atoms with Crippen LogP contribution in [0.15, 0.2) is 48.7 Å². The summed E-state index contributed by atoms with van der Waals surface area (Å²) in [7, 11) is 4.10. The molecule has 2 aliphatic heterocycles. The maximum atomic E-state index is 13.5. The molecular formula is C28H33FN4O3. The second-order valence-corrected chi connectivity index (χ2v) is 9.92. The van der Waals surface area contributed by atoms with Crippen LogP contribution >= 0.6 is 0 Å². The minimum absolute atomic E-state index is 0.0289. The van der Waals surface area contributed by atoms with E-state index in [4.69, 9.17) is 9.47 Å². The number of nitrogens with zero attached hydrogens (tertiary/aromatic N) is 4. The van der Waals surface area contributed by atoms with Gasteiger partial charge in [0.2, 0.25) is 6.79 Å². The van der Waals surface area contributed by atoms with Crippen LogP contribution in [0, 0.1) is 18.7 Å². The first-order valence-electron chi connectivity index (χ1n) is 12.5. The van der Waals surface area contributed by atoms with E-state index in [0.29, 0.717) is 36.1 Å². The van der Waals surface area contributed by atoms with Crippen molar-refractivity contribution in [3.8, 4) is 11.5 Å². The van der Waals surface area contributed by atoms with Gasteiger partial charge in [-0.1, -0.05) is 12.1 Å². The van der Waals surface area contributed by atoms with Crippen molar-refractivity contribution >= 4 is 5.91 Å². The van der Waals surface area contributed by atoms with Crippen LogP contribution in [0.1, 0.15) is 40.0 Å². The molecule has 0 aliphatic carbocycles. The van der Waals surface area contributed by atoms with Crippen LogP contribution in [-0.2, 0) is 20.0 Å². The summed E-state index contributed by atoms with van der Waals surface area (Å²) in [5, 5.41) is 4.50. The van der Waals surface area contributed by atoms with E-state index in [2.05, 4.69) is 23.2 Å². The Morgan fingerprint density at radius 3 is 2.56 bits per heavy atom. The van der Waals surface area contributed by atoms with E-state index in [1.165, 1.54) is 17.7 Å². The Labute approximate surface area is 211 Å². The van der Waals surface area contributed by atoms with E-state index in [1.807, 2.05) is 41.8 Å². The highest BCUT2D eigenvalue weighted by molar-refractivity contribution is 5.95. The Kier molecular flexibility index (Phi) is 6.96. The fourth-order valence-corrected chi connectivity index (χ4v) is 5.43. The van der Waals surface area contributed by atoms with Gasteiger partial charge in [-0.05, 0) is 75.0 Å². The molecule has 1 amide bonds. The second kappa shape index (κ2) is 10.3. The quantitative estimate of drug-likeness (QED) is 0.495. The third-order valence-corrected chi connectivity index (χ3v) is 7.45. The highest BCUT2D eigenvalue weighted by Gasteiger charge is 2.32. The Hall–Kier alpha value is -3.39. The third-order valence-electron chi connectivity index (χ3n) is 7.45. The van der Waals surface area contributed by atoms with Crippen molar-refractivity contribution in [1.82, 2.24) is 19.6 Å². The number of rotatable bonds is 7. The van der Waals surface area contributed by atoms with Gasteiger partial charge in [0, 0.05) is 50.0 Å². The van der Waals surface area contributed by atoms with E-state index >= 15 is 0 Å². The zero-order valence-corrected chi connectivity index (χ0v) is 21.1. The molecule has 0 N–H and O–H groups in total. The number of hydrogen-bond acceptors (Lipinski definition) is 5. The van der Waals surface area contributed by atoms with Crippen molar-refractivity contribution in [2.75, 3.05) is 26.9 Å². The Balaban J connectivity index is 1.28. The van der Waals surface area contributed by atoms with E-state index in [0.717, 1.165) is 37.1 Å². The van der Waals surface area contributed by atoms with Gasteiger partial charge in [0.25, 0.3) is 5.91 Å². The van der Waals surface area contributed by atoms with Gasteiger partial charge in [0.05, 0.1) is 5.69 Å². The summed E-state index contributed by atoms with van der Waals surface area (Å²) in [4.78, 5) is 17.5. The van der Waals surface area contributed by atoms with Gasteiger partial charge < -0.3 is 14.4 Å². The van der Waals surface area contributed by atoms with Gasteiger partial charge in [-0.2, -0.15) is 5.10 Å². The summed E-state index contributed by atoms with van der Waals surface area (Å²) in [6.45, 7) is 4.44. The molecule has 36 heavy (non-hydrogen) atoms. The van der Waals surface area contributed by atoms with Crippen molar-refractivity contribution in [2.45, 2.75) is 38.8 Å². The van der Waals surface area contributed by atoms with Crippen LogP contribution in [0.4, 0.5) is 4.39 Å². The number of ether oxygens (including phenoxy) is 2. The Morgan fingerprint density at radius 1 is 1.14 bits per heavy atom. The molecule has 2 aromatic carbocycles. The summed E-state index contributed by atoms with van der Waals surface area (Å²) in [5.74, 6) is 1.53. The SMILES string of the molecule is Cc1nn(C)cc1CN(C)[C@@H](Cc1ccc(F)cc1)C1CCN(C(=O)c2ccc3c(c2)OCO3)CC1. The molecule has 0 unspecified atom stereocenters. The zero-order valence-electron chi connectivity index (χ0n) is 21.1. The van der Waals surface area contributed by atoms with Crippen molar-refractivity contribution in [2.24, 2.45) is 13.0 Å². The number of benzene rings is 2. The molecule has 1 aromatic heterocycles. The standard InChI is InChI=1S/C28H33FN4O3/c1-19-23(17-32(3)30-19)16-31(2)25(14-20-4-7-24(29)8-5-20)21-10-12-33(13-11-21)28(34)22-6-9-26-27(15-22)36-18-35-26/h4-9,15,17,21,25H,10-14,16,18H2,1-3H3/t25-/m0/s1. The predicted octanol–water partition coefficient (Wildman–Crippen LogP) is 4.19. The van der Waals surface area contributed by atoms with E-state index in [1.54, 1.807) is 12.1 Å². The Bertz CT molecular complexity index is 1220. The monoisotopic (exact) mass is 492 g/mol. The van der Waals surface area contributed by atoms with Gasteiger partial charge in [-0.15, -0.1) is 0 Å². The summed E-state index contributed by atoms with van der Waals surface area (Å²) >= 11 is 0. The zero-order chi connectivity index (χ0) is 25.2. The molecule has 5 rings (SSSR count). The number of fused-ring (bicyclic) bond motifs is 1. The molecule has 0 radical (unpaired) electrons. The molecule has 8 heteroatoms. The van der Waals surface area contributed by atoms with Gasteiger partial charge in [0.1, 0.15) is 5.82 Å². The van der Waals surface area contributed by atoms with Crippen LogP contribution in [0.5, 0.6) is 11.5 Å². The van der Waals surface area contributed by atoms with E-state index in [9.17, 15) is 9.18 Å². The summed E-state index contributed by atoms with van der Waals surface area (Å²) in [5.41, 5.74) is 3.99. The normalized spacial score (nSPS) is 16.5. The van der Waals surface area contributed by atoms with Gasteiger partial charge >= 0.3 is 0 Å². The second-order valence-electron chi connectivity index (χ2n) is 9.92. The smallest absolute Gasteiger partial charge is 0.253 e. The lowest BCUT2D eigenvalue weighted by Crippen LogP contribution is -2.46. The molecular weight excluding hydrogens is 459 g/mol. The fourth-order valence-electron chi connectivity index (χ4n) is 5.43. The molecule has 0 spiro atoms. The van der Waals surface area contributed by atoms with E-state index in [-0.39, 0.29) is 24.6 Å². The van der Waals surface area contributed by atoms with Crippen LogP contribution < -0.4 is 9.47 Å². The van der Waals surface area contributed by atoms with Gasteiger partial charge in [-0.3, -0.25) is 14.4 Å². The van der Waals surface area contributed by atoms with Crippen molar-refractivity contribution in [3.05, 3.63) is 76.9 Å². The minimum Gasteiger partial charge on any atom is -0.454 e. The summed E-state index contributed by atoms with van der Waals surface area (Å²) in [6.07, 6.45) is 4.74. The number of amides is 1. The third kappa shape index (κ3) is 5.23. The Morgan fingerprint density at radius 2 is 1.86 bits per heavy atom. The molecule has 3 aromatic rings. The van der Waals surface area contributed by atoms with Crippen LogP contribution in [0.3, 0.4) is 0 Å². The molecule has 0 saturated carbocycles. The average Bonchev–Trinajstić information content (AvgIpc) is 3.48. The van der Waals surface area contributed by atoms with Gasteiger partial charge in [-0.25, -0.2) is 4.39 Å². The first-order chi connectivity index (χ1) is 17.4. The molecule has 1 fully saturated rings. The summed E-state index contributed by atoms with van der Waals surface area (Å²) < 4.78 is 26.2. The van der Waals surface area contributed by atoms with Crippen LogP contribution in [0.25, 0.3) is 0 Å². The van der Waals surface area contributed by atoms with E-state index < -0.39 is 0 Å². The lowest BCUT2D eigenvalue weighted by molar-refractivity contribution is 0.0602. The van der Waals surface area contributed by atoms with Crippen molar-refractivity contribution in [3.63, 3.8) is 0 Å². The molecule has 2 aliphatic rings. The molecule has 0 bridgehead atoms. The topological polar surface area (TPSA) is 59.8 Å². The number of piperidine rings is 1. The number of carbonyl (C=O) groups excluding carboxylic acids is 1. The maximum absolute atomic E-state index is 13.5. The first-order valence-corrected chi connectivity index (χ1v) is 12.5. The first kappa shape index (κ1) is 24.3. The highest BCUT2D eigenvalue weighted by Crippen LogP contribution is 2.34. The number of hydrogen-bond donors (Lipinski definition) is 0. The van der Waals surface area contributed by atoms with Crippen molar-refractivity contribution in [1.29, 1.82) is 0 Å². The van der Waals surface area contributed by atoms with Crippen LogP contribution in [-0.4, -0.2) is 58.5 Å².